The van der Waals surface area contributed by atoms with E-state index in [4.69, 9.17) is 5.73 Å². The highest BCUT2D eigenvalue weighted by Gasteiger charge is 2.04. The van der Waals surface area contributed by atoms with Gasteiger partial charge in [0.1, 0.15) is 5.82 Å². The first-order valence-corrected chi connectivity index (χ1v) is 5.73. The van der Waals surface area contributed by atoms with Gasteiger partial charge in [-0.15, -0.1) is 0 Å². The van der Waals surface area contributed by atoms with Crippen LogP contribution in [0.25, 0.3) is 0 Å². The van der Waals surface area contributed by atoms with Crippen molar-refractivity contribution < 1.29 is 0 Å². The molecule has 5 nitrogen and oxygen atoms in total. The molecule has 0 bridgehead atoms. The first-order valence-electron chi connectivity index (χ1n) is 5.73. The third-order valence-corrected chi connectivity index (χ3v) is 2.56. The molecule has 5 heteroatoms. The topological polar surface area (TPSA) is 67.1 Å². The maximum Gasteiger partial charge on any atom is 0.130 e. The smallest absolute Gasteiger partial charge is 0.130 e. The highest BCUT2D eigenvalue weighted by molar-refractivity contribution is 5.68. The van der Waals surface area contributed by atoms with Gasteiger partial charge in [0.2, 0.25) is 0 Å². The summed E-state index contributed by atoms with van der Waals surface area (Å²) in [6.07, 6.45) is 3.44. The van der Waals surface area contributed by atoms with Gasteiger partial charge in [-0.3, -0.25) is 4.98 Å². The monoisotopic (exact) mass is 243 g/mol. The van der Waals surface area contributed by atoms with Crippen molar-refractivity contribution in [3.8, 4) is 0 Å². The van der Waals surface area contributed by atoms with E-state index >= 15 is 0 Å². The fraction of sp³-hybridized carbons (Fsp3) is 0.231. The molecule has 0 amide bonds. The molecule has 0 fully saturated rings. The number of nitrogens with one attached hydrogen (secondary N) is 1. The zero-order chi connectivity index (χ0) is 13.0. The lowest BCUT2D eigenvalue weighted by atomic mass is 10.3. The van der Waals surface area contributed by atoms with Crippen molar-refractivity contribution >= 4 is 17.2 Å². The molecule has 0 spiro atoms. The number of rotatable bonds is 4. The van der Waals surface area contributed by atoms with Gasteiger partial charge in [-0.1, -0.05) is 6.07 Å². The molecular formula is C13H17N5. The van der Waals surface area contributed by atoms with Crippen molar-refractivity contribution in [2.75, 3.05) is 30.0 Å². The van der Waals surface area contributed by atoms with Crippen LogP contribution >= 0.6 is 0 Å². The molecule has 0 saturated heterocycles. The Kier molecular flexibility index (Phi) is 3.62. The van der Waals surface area contributed by atoms with Gasteiger partial charge in [-0.05, 0) is 12.1 Å². The minimum Gasteiger partial charge on any atom is -0.396 e. The largest absolute Gasteiger partial charge is 0.396 e. The zero-order valence-corrected chi connectivity index (χ0v) is 10.6. The predicted octanol–water partition coefficient (Wildman–Crippen LogP) is 1.74. The Morgan fingerprint density at radius 1 is 1.28 bits per heavy atom. The van der Waals surface area contributed by atoms with E-state index in [9.17, 15) is 0 Å². The third kappa shape index (κ3) is 2.88. The molecular weight excluding hydrogens is 226 g/mol. The fourth-order valence-corrected chi connectivity index (χ4v) is 1.54. The molecule has 0 radical (unpaired) electrons. The molecule has 0 aromatic carbocycles. The molecule has 18 heavy (non-hydrogen) atoms. The number of nitrogens with zero attached hydrogens (tertiary/aromatic N) is 3. The number of nitrogens with two attached hydrogens (primary N) is 1. The van der Waals surface area contributed by atoms with Crippen LogP contribution in [0.1, 0.15) is 5.69 Å². The van der Waals surface area contributed by atoms with Crippen LogP contribution in [0.2, 0.25) is 0 Å². The summed E-state index contributed by atoms with van der Waals surface area (Å²) >= 11 is 0. The van der Waals surface area contributed by atoms with E-state index in [2.05, 4.69) is 15.3 Å². The van der Waals surface area contributed by atoms with Gasteiger partial charge in [0, 0.05) is 26.4 Å². The number of hydrogen-bond acceptors (Lipinski definition) is 5. The maximum atomic E-state index is 5.89. The lowest BCUT2D eigenvalue weighted by Crippen LogP contribution is -2.12. The summed E-state index contributed by atoms with van der Waals surface area (Å²) in [6, 6.07) is 7.76. The standard InChI is InChI=1S/C13H17N5/c1-18(2)13-7-12(11(14)9-17-13)16-8-10-5-3-4-6-15-10/h3-7,9H,8,14H2,1-2H3,(H,16,17). The van der Waals surface area contributed by atoms with Gasteiger partial charge in [-0.2, -0.15) is 0 Å². The lowest BCUT2D eigenvalue weighted by molar-refractivity contribution is 1.03. The van der Waals surface area contributed by atoms with Crippen molar-refractivity contribution in [2.45, 2.75) is 6.54 Å². The maximum absolute atomic E-state index is 5.89. The Morgan fingerprint density at radius 3 is 2.78 bits per heavy atom. The van der Waals surface area contributed by atoms with Crippen molar-refractivity contribution in [3.05, 3.63) is 42.4 Å². The quantitative estimate of drug-likeness (QED) is 0.856. The van der Waals surface area contributed by atoms with E-state index < -0.39 is 0 Å². The summed E-state index contributed by atoms with van der Waals surface area (Å²) < 4.78 is 0. The summed E-state index contributed by atoms with van der Waals surface area (Å²) in [7, 11) is 3.89. The van der Waals surface area contributed by atoms with Crippen LogP contribution in [0.3, 0.4) is 0 Å². The van der Waals surface area contributed by atoms with Crippen molar-refractivity contribution in [3.63, 3.8) is 0 Å². The number of anilines is 3. The molecule has 94 valence electrons. The minimum atomic E-state index is 0.636. The number of pyridine rings is 2. The second kappa shape index (κ2) is 5.35. The molecule has 3 N–H and O–H groups in total. The molecule has 0 atom stereocenters. The summed E-state index contributed by atoms with van der Waals surface area (Å²) in [5.41, 5.74) is 8.37. The second-order valence-electron chi connectivity index (χ2n) is 4.20. The number of hydrogen-bond donors (Lipinski definition) is 2. The van der Waals surface area contributed by atoms with Crippen LogP contribution in [0.4, 0.5) is 17.2 Å². The highest BCUT2D eigenvalue weighted by Crippen LogP contribution is 2.22. The van der Waals surface area contributed by atoms with Crippen molar-refractivity contribution in [2.24, 2.45) is 0 Å². The molecule has 0 aliphatic heterocycles. The van der Waals surface area contributed by atoms with E-state index in [1.165, 1.54) is 0 Å². The number of aromatic nitrogens is 2. The van der Waals surface area contributed by atoms with Crippen molar-refractivity contribution in [1.29, 1.82) is 0 Å². The van der Waals surface area contributed by atoms with Gasteiger partial charge < -0.3 is 16.0 Å². The fourth-order valence-electron chi connectivity index (χ4n) is 1.54. The van der Waals surface area contributed by atoms with Gasteiger partial charge >= 0.3 is 0 Å². The third-order valence-electron chi connectivity index (χ3n) is 2.56. The van der Waals surface area contributed by atoms with Crippen LogP contribution in [0, 0.1) is 0 Å². The molecule has 2 heterocycles. The molecule has 0 unspecified atom stereocenters. The molecule has 0 saturated carbocycles. The van der Waals surface area contributed by atoms with E-state index in [-0.39, 0.29) is 0 Å². The summed E-state index contributed by atoms with van der Waals surface area (Å²) in [4.78, 5) is 10.4. The van der Waals surface area contributed by atoms with Gasteiger partial charge in [0.05, 0.1) is 29.8 Å². The SMILES string of the molecule is CN(C)c1cc(NCc2ccccn2)c(N)cn1. The van der Waals surface area contributed by atoms with Gasteiger partial charge in [0.25, 0.3) is 0 Å². The average molecular weight is 243 g/mol. The Balaban J connectivity index is 2.11. The predicted molar refractivity (Wildman–Crippen MR) is 74.5 cm³/mol. The molecule has 0 aliphatic rings. The van der Waals surface area contributed by atoms with Crippen LogP contribution in [-0.4, -0.2) is 24.1 Å². The highest BCUT2D eigenvalue weighted by atomic mass is 15.1. The van der Waals surface area contributed by atoms with Crippen LogP contribution in [0.5, 0.6) is 0 Å². The Labute approximate surface area is 107 Å². The summed E-state index contributed by atoms with van der Waals surface area (Å²) in [5.74, 6) is 0.868. The number of nitrogen functional groups attached to an aromatic ring is 1. The van der Waals surface area contributed by atoms with E-state index in [0.29, 0.717) is 12.2 Å². The molecule has 2 aromatic rings. The van der Waals surface area contributed by atoms with E-state index in [1.54, 1.807) is 12.4 Å². The van der Waals surface area contributed by atoms with E-state index in [0.717, 1.165) is 17.2 Å². The normalized spacial score (nSPS) is 10.1. The van der Waals surface area contributed by atoms with Gasteiger partial charge in [-0.25, -0.2) is 4.98 Å². The summed E-state index contributed by atoms with van der Waals surface area (Å²) in [5, 5.41) is 3.27. The van der Waals surface area contributed by atoms with Crippen molar-refractivity contribution in [1.82, 2.24) is 9.97 Å². The lowest BCUT2D eigenvalue weighted by Gasteiger charge is -2.14. The van der Waals surface area contributed by atoms with E-state index in [1.807, 2.05) is 43.3 Å². The average Bonchev–Trinajstić information content (AvgIpc) is 2.38. The van der Waals surface area contributed by atoms with Crippen LogP contribution in [0.15, 0.2) is 36.7 Å². The van der Waals surface area contributed by atoms with Gasteiger partial charge in [0.15, 0.2) is 0 Å². The molecule has 2 rings (SSSR count). The van der Waals surface area contributed by atoms with Crippen LogP contribution in [-0.2, 0) is 6.54 Å². The Morgan fingerprint density at radius 2 is 2.11 bits per heavy atom. The molecule has 2 aromatic heterocycles. The second-order valence-corrected chi connectivity index (χ2v) is 4.20. The Hall–Kier alpha value is -2.30. The first-order chi connectivity index (χ1) is 8.66. The summed E-state index contributed by atoms with van der Waals surface area (Å²) in [6.45, 7) is 0.641. The first kappa shape index (κ1) is 12.2. The zero-order valence-electron chi connectivity index (χ0n) is 10.6. The minimum absolute atomic E-state index is 0.636. The van der Waals surface area contributed by atoms with Crippen LogP contribution < -0.4 is 16.0 Å². The Bertz CT molecular complexity index is 510. The molecule has 0 aliphatic carbocycles.